The number of guanidine groups is 1. The number of nitrogens with two attached hydrogens (primary N) is 1. The molecule has 1 aromatic heterocycles. The SMILES string of the molecule is CNc1ccccc1C(=O)N/C(N)=N/c1nc(C)c2ccccc2n1. The van der Waals surface area contributed by atoms with E-state index >= 15 is 0 Å². The van der Waals surface area contributed by atoms with Crippen LogP contribution in [0.2, 0.25) is 0 Å². The van der Waals surface area contributed by atoms with Gasteiger partial charge in [0, 0.05) is 18.1 Å². The van der Waals surface area contributed by atoms with Crippen LogP contribution in [-0.4, -0.2) is 28.9 Å². The summed E-state index contributed by atoms with van der Waals surface area (Å²) in [6.45, 7) is 1.88. The Hall–Kier alpha value is -3.48. The lowest BCUT2D eigenvalue weighted by atomic mass is 10.1. The van der Waals surface area contributed by atoms with Crippen LogP contribution in [0.5, 0.6) is 0 Å². The summed E-state index contributed by atoms with van der Waals surface area (Å²) in [7, 11) is 1.75. The molecule has 2 aromatic carbocycles. The van der Waals surface area contributed by atoms with Gasteiger partial charge >= 0.3 is 0 Å². The molecule has 7 nitrogen and oxygen atoms in total. The molecule has 0 bridgehead atoms. The topological polar surface area (TPSA) is 105 Å². The Bertz CT molecular complexity index is 967. The predicted octanol–water partition coefficient (Wildman–Crippen LogP) is 2.36. The number of carbonyl (C=O) groups is 1. The molecule has 1 heterocycles. The van der Waals surface area contributed by atoms with Gasteiger partial charge in [-0.25, -0.2) is 9.97 Å². The summed E-state index contributed by atoms with van der Waals surface area (Å²) < 4.78 is 0. The Kier molecular flexibility index (Phi) is 4.56. The Morgan fingerprint density at radius 1 is 1.08 bits per heavy atom. The Morgan fingerprint density at radius 3 is 2.60 bits per heavy atom. The van der Waals surface area contributed by atoms with Crippen LogP contribution in [0.15, 0.2) is 53.5 Å². The number of amides is 1. The highest BCUT2D eigenvalue weighted by atomic mass is 16.1. The lowest BCUT2D eigenvalue weighted by Gasteiger charge is -2.09. The van der Waals surface area contributed by atoms with Crippen LogP contribution in [0.25, 0.3) is 10.9 Å². The lowest BCUT2D eigenvalue weighted by Crippen LogP contribution is -2.36. The molecule has 25 heavy (non-hydrogen) atoms. The molecule has 0 aliphatic heterocycles. The molecule has 0 aliphatic carbocycles. The van der Waals surface area contributed by atoms with Crippen molar-refractivity contribution in [3.8, 4) is 0 Å². The first kappa shape index (κ1) is 16.4. The van der Waals surface area contributed by atoms with E-state index in [1.165, 1.54) is 0 Å². The first-order valence-electron chi connectivity index (χ1n) is 7.74. The zero-order valence-corrected chi connectivity index (χ0v) is 13.9. The van der Waals surface area contributed by atoms with Crippen LogP contribution in [-0.2, 0) is 0 Å². The van der Waals surface area contributed by atoms with Crippen molar-refractivity contribution in [3.05, 3.63) is 59.8 Å². The summed E-state index contributed by atoms with van der Waals surface area (Å²) in [6.07, 6.45) is 0. The predicted molar refractivity (Wildman–Crippen MR) is 99.0 cm³/mol. The van der Waals surface area contributed by atoms with E-state index in [4.69, 9.17) is 5.73 Å². The molecule has 3 aromatic rings. The average molecular weight is 334 g/mol. The van der Waals surface area contributed by atoms with Gasteiger partial charge in [-0.15, -0.1) is 0 Å². The molecule has 0 saturated carbocycles. The smallest absolute Gasteiger partial charge is 0.260 e. The summed E-state index contributed by atoms with van der Waals surface area (Å²) >= 11 is 0. The van der Waals surface area contributed by atoms with E-state index in [0.29, 0.717) is 11.3 Å². The van der Waals surface area contributed by atoms with Crippen LogP contribution < -0.4 is 16.4 Å². The van der Waals surface area contributed by atoms with E-state index in [1.54, 1.807) is 25.2 Å². The highest BCUT2D eigenvalue weighted by Gasteiger charge is 2.11. The van der Waals surface area contributed by atoms with E-state index < -0.39 is 0 Å². The lowest BCUT2D eigenvalue weighted by molar-refractivity contribution is 0.0977. The van der Waals surface area contributed by atoms with E-state index in [9.17, 15) is 4.79 Å². The van der Waals surface area contributed by atoms with Crippen molar-refractivity contribution in [2.45, 2.75) is 6.92 Å². The van der Waals surface area contributed by atoms with Crippen LogP contribution >= 0.6 is 0 Å². The number of benzene rings is 2. The molecule has 7 heteroatoms. The van der Waals surface area contributed by atoms with Gasteiger partial charge in [0.1, 0.15) is 0 Å². The number of anilines is 1. The number of fused-ring (bicyclic) bond motifs is 1. The fourth-order valence-electron chi connectivity index (χ4n) is 2.49. The molecule has 3 rings (SSSR count). The molecular formula is C18H18N6O. The summed E-state index contributed by atoms with van der Waals surface area (Å²) in [6, 6.07) is 14.8. The third kappa shape index (κ3) is 3.55. The highest BCUT2D eigenvalue weighted by Crippen LogP contribution is 2.18. The Balaban J connectivity index is 1.85. The number of aliphatic imine (C=N–C) groups is 1. The molecule has 0 unspecified atom stereocenters. The van der Waals surface area contributed by atoms with Crippen molar-refractivity contribution in [3.63, 3.8) is 0 Å². The zero-order valence-electron chi connectivity index (χ0n) is 13.9. The van der Waals surface area contributed by atoms with Gasteiger partial charge in [-0.05, 0) is 25.1 Å². The van der Waals surface area contributed by atoms with E-state index in [2.05, 4.69) is 25.6 Å². The fourth-order valence-corrected chi connectivity index (χ4v) is 2.49. The first-order chi connectivity index (χ1) is 12.1. The molecule has 0 spiro atoms. The second-order valence-corrected chi connectivity index (χ2v) is 5.37. The normalized spacial score (nSPS) is 11.4. The van der Waals surface area contributed by atoms with Gasteiger partial charge in [-0.1, -0.05) is 30.3 Å². The van der Waals surface area contributed by atoms with Crippen molar-refractivity contribution in [1.82, 2.24) is 15.3 Å². The minimum atomic E-state index is -0.358. The molecule has 0 fully saturated rings. The maximum absolute atomic E-state index is 12.4. The minimum Gasteiger partial charge on any atom is -0.387 e. The summed E-state index contributed by atoms with van der Waals surface area (Å²) in [5.74, 6) is -0.217. The average Bonchev–Trinajstić information content (AvgIpc) is 2.61. The molecule has 126 valence electrons. The van der Waals surface area contributed by atoms with Crippen molar-refractivity contribution in [2.75, 3.05) is 12.4 Å². The van der Waals surface area contributed by atoms with E-state index in [-0.39, 0.29) is 17.8 Å². The number of rotatable bonds is 3. The summed E-state index contributed by atoms with van der Waals surface area (Å²) in [5.41, 5.74) is 8.59. The van der Waals surface area contributed by atoms with Gasteiger partial charge in [0.2, 0.25) is 5.96 Å². The van der Waals surface area contributed by atoms with Gasteiger partial charge < -0.3 is 11.1 Å². The number of hydrogen-bond acceptors (Lipinski definition) is 5. The molecule has 4 N–H and O–H groups in total. The van der Waals surface area contributed by atoms with Crippen LogP contribution in [0, 0.1) is 6.92 Å². The molecule has 0 saturated heterocycles. The second kappa shape index (κ2) is 6.96. The number of para-hydroxylation sites is 2. The minimum absolute atomic E-state index is 0.0643. The van der Waals surface area contributed by atoms with E-state index in [0.717, 1.165) is 16.6 Å². The number of hydrogen-bond donors (Lipinski definition) is 3. The first-order valence-corrected chi connectivity index (χ1v) is 7.74. The van der Waals surface area contributed by atoms with Crippen molar-refractivity contribution in [2.24, 2.45) is 10.7 Å². The van der Waals surface area contributed by atoms with Gasteiger partial charge in [0.15, 0.2) is 0 Å². The van der Waals surface area contributed by atoms with Crippen molar-refractivity contribution >= 4 is 34.4 Å². The third-order valence-corrected chi connectivity index (χ3v) is 3.69. The molecule has 0 atom stereocenters. The Morgan fingerprint density at radius 2 is 1.80 bits per heavy atom. The largest absolute Gasteiger partial charge is 0.387 e. The molecule has 0 radical (unpaired) electrons. The Labute approximate surface area is 145 Å². The maximum Gasteiger partial charge on any atom is 0.260 e. The van der Waals surface area contributed by atoms with Crippen molar-refractivity contribution < 1.29 is 4.79 Å². The number of nitrogens with one attached hydrogen (secondary N) is 2. The summed E-state index contributed by atoms with van der Waals surface area (Å²) in [5, 5.41) is 6.47. The quantitative estimate of drug-likeness (QED) is 0.504. The van der Waals surface area contributed by atoms with Gasteiger partial charge in [0.05, 0.1) is 16.8 Å². The molecule has 1 amide bonds. The van der Waals surface area contributed by atoms with Gasteiger partial charge in [-0.2, -0.15) is 4.99 Å². The fraction of sp³-hybridized carbons (Fsp3) is 0.111. The van der Waals surface area contributed by atoms with Gasteiger partial charge in [0.25, 0.3) is 11.9 Å². The summed E-state index contributed by atoms with van der Waals surface area (Å²) in [4.78, 5) is 25.1. The molecular weight excluding hydrogens is 316 g/mol. The number of carbonyl (C=O) groups excluding carboxylic acids is 1. The zero-order chi connectivity index (χ0) is 17.8. The number of aromatic nitrogens is 2. The van der Waals surface area contributed by atoms with E-state index in [1.807, 2.05) is 37.3 Å². The van der Waals surface area contributed by atoms with Crippen molar-refractivity contribution in [1.29, 1.82) is 0 Å². The van der Waals surface area contributed by atoms with Crippen LogP contribution in [0.4, 0.5) is 11.6 Å². The third-order valence-electron chi connectivity index (χ3n) is 3.69. The standard InChI is InChI=1S/C18H18N6O/c1-11-12-7-3-6-10-15(12)22-18(21-11)24-17(19)23-16(25)13-8-4-5-9-14(13)20-2/h3-10,20H,1-2H3,(H3,19,21,22,23,24,25). The van der Waals surface area contributed by atoms with Crippen LogP contribution in [0.3, 0.4) is 0 Å². The van der Waals surface area contributed by atoms with Crippen LogP contribution in [0.1, 0.15) is 16.1 Å². The maximum atomic E-state index is 12.4. The van der Waals surface area contributed by atoms with Gasteiger partial charge in [-0.3, -0.25) is 10.1 Å². The highest BCUT2D eigenvalue weighted by molar-refractivity contribution is 6.08. The molecule has 0 aliphatic rings. The second-order valence-electron chi connectivity index (χ2n) is 5.37. The number of nitrogens with zero attached hydrogens (tertiary/aromatic N) is 3. The number of aryl methyl sites for hydroxylation is 1. The monoisotopic (exact) mass is 334 g/mol.